The highest BCUT2D eigenvalue weighted by Crippen LogP contribution is 2.27. The predicted molar refractivity (Wildman–Crippen MR) is 125 cm³/mol. The molecule has 0 aromatic heterocycles. The average Bonchev–Trinajstić information content (AvgIpc) is 2.95. The molecule has 1 heterocycles. The topological polar surface area (TPSA) is 138 Å². The monoisotopic (exact) mass is 542 g/mol. The van der Waals surface area contributed by atoms with Crippen LogP contribution in [-0.4, -0.2) is 83.9 Å². The summed E-state index contributed by atoms with van der Waals surface area (Å²) < 4.78 is 11.5. The molecule has 34 heavy (non-hydrogen) atoms. The maximum atomic E-state index is 12.8. The second-order valence-electron chi connectivity index (χ2n) is 8.38. The van der Waals surface area contributed by atoms with Crippen LogP contribution in [0.15, 0.2) is 28.7 Å². The van der Waals surface area contributed by atoms with Crippen LogP contribution in [0.25, 0.3) is 0 Å². The Morgan fingerprint density at radius 1 is 1.18 bits per heavy atom. The molecule has 5 amide bonds. The fraction of sp³-hybridized carbons (Fsp3) is 0.545. The number of carbonyl (C=O) groups excluding carboxylic acids is 4. The molecule has 0 radical (unpaired) electrons. The van der Waals surface area contributed by atoms with Crippen LogP contribution in [0.4, 0.5) is 4.79 Å². The third kappa shape index (κ3) is 6.75. The van der Waals surface area contributed by atoms with E-state index in [0.717, 1.165) is 9.37 Å². The van der Waals surface area contributed by atoms with Crippen LogP contribution in [0.5, 0.6) is 0 Å². The summed E-state index contributed by atoms with van der Waals surface area (Å²) in [5.74, 6) is -2.65. The van der Waals surface area contributed by atoms with Crippen molar-refractivity contribution < 1.29 is 33.9 Å². The quantitative estimate of drug-likeness (QED) is 0.120. The van der Waals surface area contributed by atoms with E-state index in [1.807, 2.05) is 0 Å². The van der Waals surface area contributed by atoms with Crippen LogP contribution in [0.1, 0.15) is 37.6 Å². The van der Waals surface area contributed by atoms with E-state index in [9.17, 15) is 24.4 Å². The molecule has 0 spiro atoms. The molecular formula is C22H31BrN4O7. The lowest BCUT2D eigenvalue weighted by Gasteiger charge is -2.26. The van der Waals surface area contributed by atoms with Gasteiger partial charge in [-0.3, -0.25) is 24.5 Å². The van der Waals surface area contributed by atoms with Crippen LogP contribution in [0, 0.1) is 5.92 Å². The molecule has 1 aromatic carbocycles. The van der Waals surface area contributed by atoms with Gasteiger partial charge in [-0.1, -0.05) is 15.9 Å². The van der Waals surface area contributed by atoms with Crippen LogP contribution < -0.4 is 10.8 Å². The first-order chi connectivity index (χ1) is 16.0. The summed E-state index contributed by atoms with van der Waals surface area (Å²) in [5, 5.41) is 12.1. The largest absolute Gasteiger partial charge is 0.356 e. The van der Waals surface area contributed by atoms with Crippen LogP contribution in [-0.2, 0) is 19.1 Å². The highest BCUT2D eigenvalue weighted by molar-refractivity contribution is 9.10. The SMILES string of the molecule is CCOCOC[C@H](C[C@H](CN1C(=O)N(C)C(C)(C)C1=O)C(=O)NO)NC(=O)c1ccc(Br)cc1. The Balaban J connectivity index is 2.19. The molecule has 1 aliphatic rings. The number of amides is 5. The molecule has 1 aromatic rings. The van der Waals surface area contributed by atoms with Crippen molar-refractivity contribution in [2.24, 2.45) is 5.92 Å². The minimum atomic E-state index is -1.06. The van der Waals surface area contributed by atoms with Crippen molar-refractivity contribution in [1.29, 1.82) is 0 Å². The molecule has 0 bridgehead atoms. The van der Waals surface area contributed by atoms with Gasteiger partial charge >= 0.3 is 6.03 Å². The van der Waals surface area contributed by atoms with Crippen molar-refractivity contribution in [1.82, 2.24) is 20.6 Å². The van der Waals surface area contributed by atoms with Crippen molar-refractivity contribution in [3.8, 4) is 0 Å². The Bertz CT molecular complexity index is 894. The maximum absolute atomic E-state index is 12.8. The number of halogens is 1. The molecule has 12 heteroatoms. The van der Waals surface area contributed by atoms with Crippen molar-refractivity contribution in [2.45, 2.75) is 38.8 Å². The second kappa shape index (κ2) is 12.2. The summed E-state index contributed by atoms with van der Waals surface area (Å²) in [6.45, 7) is 5.18. The second-order valence-corrected chi connectivity index (χ2v) is 9.30. The first-order valence-electron chi connectivity index (χ1n) is 10.8. The lowest BCUT2D eigenvalue weighted by Crippen LogP contribution is -2.47. The number of nitrogens with zero attached hydrogens (tertiary/aromatic N) is 2. The molecule has 11 nitrogen and oxygen atoms in total. The zero-order chi connectivity index (χ0) is 25.5. The number of rotatable bonds is 12. The van der Waals surface area contributed by atoms with Crippen molar-refractivity contribution in [3.63, 3.8) is 0 Å². The minimum Gasteiger partial charge on any atom is -0.356 e. The zero-order valence-corrected chi connectivity index (χ0v) is 21.3. The fourth-order valence-corrected chi connectivity index (χ4v) is 3.70. The normalized spacial score (nSPS) is 17.0. The predicted octanol–water partition coefficient (Wildman–Crippen LogP) is 1.74. The molecule has 0 unspecified atom stereocenters. The lowest BCUT2D eigenvalue weighted by atomic mass is 9.97. The fourth-order valence-electron chi connectivity index (χ4n) is 3.43. The summed E-state index contributed by atoms with van der Waals surface area (Å²) in [6, 6.07) is 5.48. The Kier molecular flexibility index (Phi) is 9.98. The summed E-state index contributed by atoms with van der Waals surface area (Å²) in [6.07, 6.45) is -0.0119. The molecule has 2 rings (SSSR count). The van der Waals surface area contributed by atoms with Gasteiger partial charge in [-0.05, 0) is 51.5 Å². The third-order valence-corrected chi connectivity index (χ3v) is 6.24. The number of hydroxylamine groups is 1. The van der Waals surface area contributed by atoms with E-state index >= 15 is 0 Å². The molecule has 188 valence electrons. The number of ether oxygens (including phenoxy) is 2. The van der Waals surface area contributed by atoms with Crippen LogP contribution in [0.2, 0.25) is 0 Å². The van der Waals surface area contributed by atoms with E-state index < -0.39 is 41.3 Å². The standard InChI is InChI=1S/C22H31BrN4O7/c1-5-33-13-34-12-17(24-18(28)14-6-8-16(23)9-7-14)10-15(19(29)25-32)11-27-20(30)22(2,3)26(4)21(27)31/h6-9,15,17,32H,5,10-13H2,1-4H3,(H,24,28)(H,25,29)/t15-,17+/m1/s1. The Morgan fingerprint density at radius 3 is 2.35 bits per heavy atom. The molecule has 0 saturated carbocycles. The molecule has 1 fully saturated rings. The number of likely N-dealkylation sites (N-methyl/N-ethyl adjacent to an activating group) is 1. The van der Waals surface area contributed by atoms with Gasteiger partial charge in [-0.25, -0.2) is 10.3 Å². The number of carbonyl (C=O) groups is 4. The van der Waals surface area contributed by atoms with Gasteiger partial charge in [-0.2, -0.15) is 0 Å². The van der Waals surface area contributed by atoms with E-state index in [1.165, 1.54) is 11.9 Å². The maximum Gasteiger partial charge on any atom is 0.327 e. The van der Waals surface area contributed by atoms with E-state index in [0.29, 0.717) is 12.2 Å². The summed E-state index contributed by atoms with van der Waals surface area (Å²) in [4.78, 5) is 52.9. The molecule has 3 N–H and O–H groups in total. The Labute approximate surface area is 206 Å². The van der Waals surface area contributed by atoms with Gasteiger partial charge in [-0.15, -0.1) is 0 Å². The number of hydrogen-bond acceptors (Lipinski definition) is 7. The first kappa shape index (κ1) is 27.7. The van der Waals surface area contributed by atoms with Crippen molar-refractivity contribution in [3.05, 3.63) is 34.3 Å². The van der Waals surface area contributed by atoms with E-state index in [4.69, 9.17) is 9.47 Å². The zero-order valence-electron chi connectivity index (χ0n) is 19.7. The highest BCUT2D eigenvalue weighted by Gasteiger charge is 2.50. The number of benzene rings is 1. The number of imide groups is 1. The summed E-state index contributed by atoms with van der Waals surface area (Å²) in [7, 11) is 1.50. The minimum absolute atomic E-state index is 0.00473. The van der Waals surface area contributed by atoms with Gasteiger partial charge in [0.1, 0.15) is 12.3 Å². The van der Waals surface area contributed by atoms with E-state index in [-0.39, 0.29) is 26.4 Å². The third-order valence-electron chi connectivity index (χ3n) is 5.71. The van der Waals surface area contributed by atoms with Crippen molar-refractivity contribution >= 4 is 39.7 Å². The molecule has 1 aliphatic heterocycles. The summed E-state index contributed by atoms with van der Waals surface area (Å²) >= 11 is 3.32. The smallest absolute Gasteiger partial charge is 0.327 e. The first-order valence-corrected chi connectivity index (χ1v) is 11.6. The number of nitrogens with one attached hydrogen (secondary N) is 2. The Morgan fingerprint density at radius 2 is 1.82 bits per heavy atom. The molecule has 0 aliphatic carbocycles. The van der Waals surface area contributed by atoms with Crippen LogP contribution >= 0.6 is 15.9 Å². The van der Waals surface area contributed by atoms with Gasteiger partial charge in [0.15, 0.2) is 0 Å². The van der Waals surface area contributed by atoms with Gasteiger partial charge in [0.2, 0.25) is 5.91 Å². The van der Waals surface area contributed by atoms with Gasteiger partial charge < -0.3 is 19.7 Å². The lowest BCUT2D eigenvalue weighted by molar-refractivity contribution is -0.137. The van der Waals surface area contributed by atoms with Gasteiger partial charge in [0.05, 0.1) is 18.6 Å². The van der Waals surface area contributed by atoms with Crippen LogP contribution in [0.3, 0.4) is 0 Å². The number of hydrogen-bond donors (Lipinski definition) is 3. The highest BCUT2D eigenvalue weighted by atomic mass is 79.9. The average molecular weight is 543 g/mol. The van der Waals surface area contributed by atoms with E-state index in [1.54, 1.807) is 50.5 Å². The summed E-state index contributed by atoms with van der Waals surface area (Å²) in [5.41, 5.74) is 0.924. The van der Waals surface area contributed by atoms with Gasteiger partial charge in [0, 0.05) is 30.2 Å². The molecular weight excluding hydrogens is 512 g/mol. The van der Waals surface area contributed by atoms with Gasteiger partial charge in [0.25, 0.3) is 11.8 Å². The number of urea groups is 1. The molecule has 2 atom stereocenters. The van der Waals surface area contributed by atoms with Crippen molar-refractivity contribution in [2.75, 3.05) is 33.6 Å². The molecule has 1 saturated heterocycles. The van der Waals surface area contributed by atoms with E-state index in [2.05, 4.69) is 21.2 Å². The Hall–Kier alpha value is -2.54.